The van der Waals surface area contributed by atoms with Crippen LogP contribution < -0.4 is 5.32 Å². The quantitative estimate of drug-likeness (QED) is 0.847. The second kappa shape index (κ2) is 8.03. The van der Waals surface area contributed by atoms with Crippen molar-refractivity contribution in [3.05, 3.63) is 35.9 Å². The van der Waals surface area contributed by atoms with Crippen LogP contribution in [0.15, 0.2) is 30.3 Å². The topological polar surface area (TPSA) is 58.6 Å². The number of ether oxygens (including phenoxy) is 1. The summed E-state index contributed by atoms with van der Waals surface area (Å²) in [6, 6.07) is 9.95. The molecule has 0 radical (unpaired) electrons. The predicted octanol–water partition coefficient (Wildman–Crippen LogP) is 3.14. The second-order valence-electron chi connectivity index (χ2n) is 6.56. The molecule has 4 heteroatoms. The number of aliphatic hydroxyl groups excluding tert-OH is 1. The van der Waals surface area contributed by atoms with Crippen LogP contribution in [0.3, 0.4) is 0 Å². The van der Waals surface area contributed by atoms with Crippen molar-refractivity contribution in [3.8, 4) is 0 Å². The zero-order valence-electron chi connectivity index (χ0n) is 13.4. The summed E-state index contributed by atoms with van der Waals surface area (Å²) >= 11 is 0. The Labute approximate surface area is 127 Å². The van der Waals surface area contributed by atoms with Crippen molar-refractivity contribution in [2.45, 2.75) is 52.2 Å². The number of benzene rings is 1. The first-order chi connectivity index (χ1) is 9.80. The minimum absolute atomic E-state index is 0.0515. The van der Waals surface area contributed by atoms with E-state index in [0.717, 1.165) is 12.0 Å². The molecule has 0 aliphatic carbocycles. The third-order valence-corrected chi connectivity index (χ3v) is 3.04. The molecule has 4 nitrogen and oxygen atoms in total. The highest BCUT2D eigenvalue weighted by Crippen LogP contribution is 2.13. The molecule has 1 aromatic rings. The van der Waals surface area contributed by atoms with E-state index in [9.17, 15) is 9.90 Å². The van der Waals surface area contributed by atoms with E-state index in [1.165, 1.54) is 0 Å². The lowest BCUT2D eigenvalue weighted by Crippen LogP contribution is -2.41. The van der Waals surface area contributed by atoms with Crippen LogP contribution in [0.25, 0.3) is 0 Å². The molecule has 0 aromatic heterocycles. The number of hydrogen-bond acceptors (Lipinski definition) is 3. The van der Waals surface area contributed by atoms with Gasteiger partial charge in [0.2, 0.25) is 0 Å². The lowest BCUT2D eigenvalue weighted by molar-refractivity contribution is 0.0494. The number of aliphatic hydroxyl groups is 1. The summed E-state index contributed by atoms with van der Waals surface area (Å²) in [4.78, 5) is 11.9. The second-order valence-corrected chi connectivity index (χ2v) is 6.56. The summed E-state index contributed by atoms with van der Waals surface area (Å²) in [7, 11) is 0. The number of nitrogens with one attached hydrogen (secondary N) is 1. The Morgan fingerprint density at radius 1 is 1.29 bits per heavy atom. The van der Waals surface area contributed by atoms with Crippen molar-refractivity contribution < 1.29 is 14.6 Å². The van der Waals surface area contributed by atoms with Crippen molar-refractivity contribution in [3.63, 3.8) is 0 Å². The maximum atomic E-state index is 11.9. The van der Waals surface area contributed by atoms with Crippen LogP contribution in [-0.4, -0.2) is 29.4 Å². The van der Waals surface area contributed by atoms with E-state index in [0.29, 0.717) is 6.42 Å². The summed E-state index contributed by atoms with van der Waals surface area (Å²) < 4.78 is 5.31. The highest BCUT2D eigenvalue weighted by molar-refractivity contribution is 5.68. The Morgan fingerprint density at radius 2 is 1.90 bits per heavy atom. The molecule has 0 spiro atoms. The van der Waals surface area contributed by atoms with E-state index < -0.39 is 11.7 Å². The first-order valence-corrected chi connectivity index (χ1v) is 7.44. The van der Waals surface area contributed by atoms with Crippen LogP contribution in [-0.2, 0) is 11.2 Å². The minimum Gasteiger partial charge on any atom is -0.444 e. The maximum Gasteiger partial charge on any atom is 0.407 e. The Morgan fingerprint density at radius 3 is 2.43 bits per heavy atom. The molecule has 0 aliphatic heterocycles. The highest BCUT2D eigenvalue weighted by Gasteiger charge is 2.21. The van der Waals surface area contributed by atoms with Crippen molar-refractivity contribution in [2.75, 3.05) is 6.61 Å². The van der Waals surface area contributed by atoms with E-state index >= 15 is 0 Å². The Balaban J connectivity index is 2.66. The first-order valence-electron chi connectivity index (χ1n) is 7.44. The molecular weight excluding hydrogens is 266 g/mol. The van der Waals surface area contributed by atoms with Crippen LogP contribution in [0.4, 0.5) is 4.79 Å². The normalized spacial score (nSPS) is 14.3. The number of carbonyl (C=O) groups excluding carboxylic acids is 1. The molecule has 2 N–H and O–H groups in total. The molecule has 1 rings (SSSR count). The molecule has 0 bridgehead atoms. The van der Waals surface area contributed by atoms with Gasteiger partial charge in [-0.25, -0.2) is 4.79 Å². The maximum absolute atomic E-state index is 11.9. The first kappa shape index (κ1) is 17.5. The van der Waals surface area contributed by atoms with Crippen molar-refractivity contribution in [1.29, 1.82) is 0 Å². The molecule has 0 aliphatic rings. The molecule has 21 heavy (non-hydrogen) atoms. The highest BCUT2D eigenvalue weighted by atomic mass is 16.6. The third-order valence-electron chi connectivity index (χ3n) is 3.04. The van der Waals surface area contributed by atoms with E-state index in [1.54, 1.807) is 0 Å². The third kappa shape index (κ3) is 7.71. The summed E-state index contributed by atoms with van der Waals surface area (Å²) in [6.07, 6.45) is 1.03. The van der Waals surface area contributed by atoms with E-state index in [2.05, 4.69) is 5.32 Å². The Bertz CT molecular complexity index is 425. The molecule has 118 valence electrons. The molecule has 0 unspecified atom stereocenters. The van der Waals surface area contributed by atoms with Crippen molar-refractivity contribution in [2.24, 2.45) is 5.92 Å². The van der Waals surface area contributed by atoms with Gasteiger partial charge in [0.05, 0.1) is 0 Å². The Kier molecular flexibility index (Phi) is 6.69. The molecular formula is C17H27NO3. The summed E-state index contributed by atoms with van der Waals surface area (Å²) in [5.74, 6) is 0.133. The van der Waals surface area contributed by atoms with Gasteiger partial charge in [-0.05, 0) is 45.1 Å². The van der Waals surface area contributed by atoms with Gasteiger partial charge in [-0.3, -0.25) is 0 Å². The van der Waals surface area contributed by atoms with Gasteiger partial charge in [-0.2, -0.15) is 0 Å². The van der Waals surface area contributed by atoms with Gasteiger partial charge in [-0.15, -0.1) is 0 Å². The number of rotatable bonds is 6. The lowest BCUT2D eigenvalue weighted by Gasteiger charge is -2.25. The number of alkyl carbamates (subject to hydrolysis) is 1. The molecule has 0 saturated heterocycles. The monoisotopic (exact) mass is 293 g/mol. The standard InChI is InChI=1S/C17H27NO3/c1-13(12-19)10-15(11-14-8-6-5-7-9-14)18-16(20)21-17(2,3)4/h5-9,13,15,19H,10-12H2,1-4H3,(H,18,20)/t13-,15+/m0/s1. The van der Waals surface area contributed by atoms with Crippen LogP contribution in [0.5, 0.6) is 0 Å². The summed E-state index contributed by atoms with van der Waals surface area (Å²) in [6.45, 7) is 7.61. The van der Waals surface area contributed by atoms with Gasteiger partial charge in [0.1, 0.15) is 5.60 Å². The van der Waals surface area contributed by atoms with Crippen molar-refractivity contribution >= 4 is 6.09 Å². The van der Waals surface area contributed by atoms with Crippen molar-refractivity contribution in [1.82, 2.24) is 5.32 Å². The fraction of sp³-hybridized carbons (Fsp3) is 0.588. The van der Waals surface area contributed by atoms with Gasteiger partial charge >= 0.3 is 6.09 Å². The van der Waals surface area contributed by atoms with Gasteiger partial charge in [0.15, 0.2) is 0 Å². The molecule has 0 saturated carbocycles. The largest absolute Gasteiger partial charge is 0.444 e. The lowest BCUT2D eigenvalue weighted by atomic mass is 9.97. The SMILES string of the molecule is C[C@H](CO)C[C@H](Cc1ccccc1)NC(=O)OC(C)(C)C. The predicted molar refractivity (Wildman–Crippen MR) is 84.2 cm³/mol. The fourth-order valence-electron chi connectivity index (χ4n) is 2.13. The smallest absolute Gasteiger partial charge is 0.407 e. The summed E-state index contributed by atoms with van der Waals surface area (Å²) in [5, 5.41) is 12.1. The average molecular weight is 293 g/mol. The van der Waals surface area contributed by atoms with E-state index in [4.69, 9.17) is 4.74 Å². The van der Waals surface area contributed by atoms with Gasteiger partial charge in [0.25, 0.3) is 0 Å². The minimum atomic E-state index is -0.510. The van der Waals surface area contributed by atoms with Gasteiger partial charge < -0.3 is 15.2 Å². The molecule has 2 atom stereocenters. The van der Waals surface area contributed by atoms with Gasteiger partial charge in [0, 0.05) is 12.6 Å². The summed E-state index contributed by atoms with van der Waals surface area (Å²) in [5.41, 5.74) is 0.646. The average Bonchev–Trinajstić information content (AvgIpc) is 2.37. The molecule has 1 amide bonds. The number of carbonyl (C=O) groups is 1. The Hall–Kier alpha value is -1.55. The zero-order valence-corrected chi connectivity index (χ0v) is 13.4. The van der Waals surface area contributed by atoms with Crippen LogP contribution in [0.1, 0.15) is 39.7 Å². The van der Waals surface area contributed by atoms with E-state index in [-0.39, 0.29) is 18.6 Å². The fourth-order valence-corrected chi connectivity index (χ4v) is 2.13. The zero-order chi connectivity index (χ0) is 15.9. The van der Waals surface area contributed by atoms with Crippen LogP contribution in [0.2, 0.25) is 0 Å². The van der Waals surface area contributed by atoms with Crippen LogP contribution >= 0.6 is 0 Å². The molecule has 0 fully saturated rings. The van der Waals surface area contributed by atoms with Gasteiger partial charge in [-0.1, -0.05) is 37.3 Å². The molecule has 0 heterocycles. The van der Waals surface area contributed by atoms with E-state index in [1.807, 2.05) is 58.0 Å². The number of amides is 1. The number of hydrogen-bond donors (Lipinski definition) is 2. The van der Waals surface area contributed by atoms with Crippen LogP contribution in [0, 0.1) is 5.92 Å². The molecule has 1 aromatic carbocycles.